The van der Waals surface area contributed by atoms with Crippen molar-refractivity contribution in [2.75, 3.05) is 6.54 Å². The maximum Gasteiger partial charge on any atom is 0.121 e. The summed E-state index contributed by atoms with van der Waals surface area (Å²) in [6.45, 7) is 1.99. The van der Waals surface area contributed by atoms with E-state index >= 15 is 0 Å². The van der Waals surface area contributed by atoms with Crippen LogP contribution in [0.15, 0.2) is 18.2 Å². The third kappa shape index (κ3) is 1.75. The molecule has 0 aliphatic heterocycles. The standard InChI is InChI=1S/C9H13NO2/c1-6-2-3-7(8(11)4-6)9(12)5-10/h2-4,9,11-12H,5,10H2,1H3. The van der Waals surface area contributed by atoms with Gasteiger partial charge in [-0.15, -0.1) is 0 Å². The second-order valence-electron chi connectivity index (χ2n) is 2.81. The lowest BCUT2D eigenvalue weighted by molar-refractivity contribution is 0.182. The van der Waals surface area contributed by atoms with E-state index in [1.54, 1.807) is 12.1 Å². The van der Waals surface area contributed by atoms with Crippen LogP contribution in [0.3, 0.4) is 0 Å². The van der Waals surface area contributed by atoms with Crippen LogP contribution in [0.5, 0.6) is 5.75 Å². The van der Waals surface area contributed by atoms with Gasteiger partial charge in [-0.1, -0.05) is 12.1 Å². The summed E-state index contributed by atoms with van der Waals surface area (Å²) >= 11 is 0. The third-order valence-electron chi connectivity index (χ3n) is 1.77. The molecule has 0 heterocycles. The summed E-state index contributed by atoms with van der Waals surface area (Å²) in [5.41, 5.74) is 6.70. The Morgan fingerprint density at radius 2 is 2.17 bits per heavy atom. The highest BCUT2D eigenvalue weighted by Crippen LogP contribution is 2.24. The predicted molar refractivity (Wildman–Crippen MR) is 46.9 cm³/mol. The van der Waals surface area contributed by atoms with Crippen molar-refractivity contribution in [3.8, 4) is 5.75 Å². The van der Waals surface area contributed by atoms with E-state index in [4.69, 9.17) is 5.73 Å². The van der Waals surface area contributed by atoms with Gasteiger partial charge >= 0.3 is 0 Å². The Labute approximate surface area is 71.5 Å². The first kappa shape index (κ1) is 9.03. The van der Waals surface area contributed by atoms with Crippen LogP contribution in [0.2, 0.25) is 0 Å². The van der Waals surface area contributed by atoms with E-state index < -0.39 is 6.10 Å². The molecule has 0 bridgehead atoms. The predicted octanol–water partition coefficient (Wildman–Crippen LogP) is 0.693. The molecule has 0 spiro atoms. The van der Waals surface area contributed by atoms with Crippen molar-refractivity contribution >= 4 is 0 Å². The minimum atomic E-state index is -0.773. The fourth-order valence-electron chi connectivity index (χ4n) is 1.06. The number of aliphatic hydroxyl groups excluding tert-OH is 1. The number of benzene rings is 1. The maximum atomic E-state index is 9.38. The zero-order valence-electron chi connectivity index (χ0n) is 6.99. The molecule has 0 aliphatic rings. The van der Waals surface area contributed by atoms with Gasteiger partial charge in [-0.05, 0) is 18.6 Å². The molecule has 0 saturated carbocycles. The molecule has 1 atom stereocenters. The number of hydrogen-bond donors (Lipinski definition) is 3. The number of aliphatic hydroxyl groups is 1. The third-order valence-corrected chi connectivity index (χ3v) is 1.77. The van der Waals surface area contributed by atoms with Crippen LogP contribution in [0, 0.1) is 6.92 Å². The van der Waals surface area contributed by atoms with E-state index in [9.17, 15) is 10.2 Å². The van der Waals surface area contributed by atoms with Crippen molar-refractivity contribution in [1.82, 2.24) is 0 Å². The van der Waals surface area contributed by atoms with Gasteiger partial charge in [0.1, 0.15) is 5.75 Å². The average molecular weight is 167 g/mol. The van der Waals surface area contributed by atoms with Crippen LogP contribution >= 0.6 is 0 Å². The Morgan fingerprint density at radius 1 is 1.50 bits per heavy atom. The van der Waals surface area contributed by atoms with Gasteiger partial charge in [0, 0.05) is 12.1 Å². The van der Waals surface area contributed by atoms with Crippen LogP contribution < -0.4 is 5.73 Å². The van der Waals surface area contributed by atoms with E-state index in [-0.39, 0.29) is 12.3 Å². The topological polar surface area (TPSA) is 66.5 Å². The van der Waals surface area contributed by atoms with Crippen LogP contribution in [-0.4, -0.2) is 16.8 Å². The van der Waals surface area contributed by atoms with Gasteiger partial charge in [0.15, 0.2) is 0 Å². The van der Waals surface area contributed by atoms with E-state index in [2.05, 4.69) is 0 Å². The summed E-state index contributed by atoms with van der Waals surface area (Å²) in [7, 11) is 0. The van der Waals surface area contributed by atoms with Gasteiger partial charge in [0.05, 0.1) is 6.10 Å². The van der Waals surface area contributed by atoms with Gasteiger partial charge in [-0.3, -0.25) is 0 Å². The molecule has 1 aromatic carbocycles. The number of nitrogens with two attached hydrogens (primary N) is 1. The molecular formula is C9H13NO2. The van der Waals surface area contributed by atoms with Gasteiger partial charge in [0.25, 0.3) is 0 Å². The summed E-state index contributed by atoms with van der Waals surface area (Å²) in [4.78, 5) is 0. The zero-order chi connectivity index (χ0) is 9.14. The molecule has 1 rings (SSSR count). The highest BCUT2D eigenvalue weighted by atomic mass is 16.3. The Hall–Kier alpha value is -1.06. The van der Waals surface area contributed by atoms with Crippen molar-refractivity contribution in [3.05, 3.63) is 29.3 Å². The lowest BCUT2D eigenvalue weighted by atomic mass is 10.1. The number of hydrogen-bond acceptors (Lipinski definition) is 3. The van der Waals surface area contributed by atoms with Crippen molar-refractivity contribution in [2.24, 2.45) is 5.73 Å². The molecule has 12 heavy (non-hydrogen) atoms. The van der Waals surface area contributed by atoms with Gasteiger partial charge in [-0.2, -0.15) is 0 Å². The van der Waals surface area contributed by atoms with Crippen LogP contribution in [-0.2, 0) is 0 Å². The Kier molecular flexibility index (Phi) is 2.68. The van der Waals surface area contributed by atoms with Crippen LogP contribution in [0.4, 0.5) is 0 Å². The lowest BCUT2D eigenvalue weighted by Crippen LogP contribution is -2.11. The van der Waals surface area contributed by atoms with Crippen LogP contribution in [0.25, 0.3) is 0 Å². The molecule has 4 N–H and O–H groups in total. The summed E-state index contributed by atoms with van der Waals surface area (Å²) in [6, 6.07) is 5.12. The van der Waals surface area contributed by atoms with Crippen molar-refractivity contribution in [1.29, 1.82) is 0 Å². The fraction of sp³-hybridized carbons (Fsp3) is 0.333. The Morgan fingerprint density at radius 3 is 2.67 bits per heavy atom. The van der Waals surface area contributed by atoms with Gasteiger partial charge in [0.2, 0.25) is 0 Å². The van der Waals surface area contributed by atoms with E-state index in [0.717, 1.165) is 5.56 Å². The summed E-state index contributed by atoms with van der Waals surface area (Å²) < 4.78 is 0. The second-order valence-corrected chi connectivity index (χ2v) is 2.81. The monoisotopic (exact) mass is 167 g/mol. The molecule has 0 saturated heterocycles. The SMILES string of the molecule is Cc1ccc(C(O)CN)c(O)c1. The summed E-state index contributed by atoms with van der Waals surface area (Å²) in [6.07, 6.45) is -0.773. The average Bonchev–Trinajstić information content (AvgIpc) is 2.03. The number of aryl methyl sites for hydroxylation is 1. The van der Waals surface area contributed by atoms with Crippen LogP contribution in [0.1, 0.15) is 17.2 Å². The second kappa shape index (κ2) is 3.56. The van der Waals surface area contributed by atoms with Crippen molar-refractivity contribution in [2.45, 2.75) is 13.0 Å². The molecule has 0 aromatic heterocycles. The summed E-state index contributed by atoms with van der Waals surface area (Å²) in [5, 5.41) is 18.7. The number of phenols is 1. The fourth-order valence-corrected chi connectivity index (χ4v) is 1.06. The number of aromatic hydroxyl groups is 1. The molecule has 3 heteroatoms. The highest BCUT2D eigenvalue weighted by molar-refractivity contribution is 5.37. The maximum absolute atomic E-state index is 9.38. The Balaban J connectivity index is 3.01. The molecule has 0 fully saturated rings. The smallest absolute Gasteiger partial charge is 0.121 e. The number of rotatable bonds is 2. The number of phenolic OH excluding ortho intramolecular Hbond substituents is 1. The van der Waals surface area contributed by atoms with Gasteiger partial charge < -0.3 is 15.9 Å². The van der Waals surface area contributed by atoms with E-state index in [0.29, 0.717) is 5.56 Å². The largest absolute Gasteiger partial charge is 0.508 e. The molecule has 0 amide bonds. The Bertz CT molecular complexity index is 273. The molecule has 1 unspecified atom stereocenters. The molecule has 0 aliphatic carbocycles. The first-order chi connectivity index (χ1) is 5.65. The minimum Gasteiger partial charge on any atom is -0.508 e. The first-order valence-electron chi connectivity index (χ1n) is 3.83. The van der Waals surface area contributed by atoms with E-state index in [1.165, 1.54) is 0 Å². The summed E-state index contributed by atoms with van der Waals surface area (Å²) in [5.74, 6) is 0.105. The van der Waals surface area contributed by atoms with Crippen molar-refractivity contribution in [3.63, 3.8) is 0 Å². The van der Waals surface area contributed by atoms with Gasteiger partial charge in [-0.25, -0.2) is 0 Å². The molecule has 3 nitrogen and oxygen atoms in total. The molecule has 66 valence electrons. The quantitative estimate of drug-likeness (QED) is 0.607. The van der Waals surface area contributed by atoms with Crippen molar-refractivity contribution < 1.29 is 10.2 Å². The lowest BCUT2D eigenvalue weighted by Gasteiger charge is -2.10. The highest BCUT2D eigenvalue weighted by Gasteiger charge is 2.09. The molecule has 0 radical (unpaired) electrons. The normalized spacial score (nSPS) is 12.9. The minimum absolute atomic E-state index is 0.105. The molecular weight excluding hydrogens is 154 g/mol. The first-order valence-corrected chi connectivity index (χ1v) is 3.83. The zero-order valence-corrected chi connectivity index (χ0v) is 6.99. The molecule has 1 aromatic rings. The van der Waals surface area contributed by atoms with E-state index in [1.807, 2.05) is 13.0 Å².